The first-order valence-electron chi connectivity index (χ1n) is 17.0. The number of rotatable bonds is 4. The Labute approximate surface area is 300 Å². The van der Waals surface area contributed by atoms with Crippen LogP contribution in [-0.4, -0.2) is 0 Å². The molecule has 0 saturated carbocycles. The Morgan fingerprint density at radius 1 is 0.340 bits per heavy atom. The summed E-state index contributed by atoms with van der Waals surface area (Å²) in [6, 6.07) is 46.6. The highest BCUT2D eigenvalue weighted by Gasteiger charge is 2.30. The van der Waals surface area contributed by atoms with Gasteiger partial charge in [0.05, 0.1) is 5.56 Å². The van der Waals surface area contributed by atoms with Crippen molar-refractivity contribution in [3.63, 3.8) is 0 Å². The van der Waals surface area contributed by atoms with Crippen LogP contribution in [0.3, 0.4) is 0 Å². The average Bonchev–Trinajstić information content (AvgIpc) is 3.18. The monoisotopic (exact) mass is 704 g/mol. The standard InChI is InChI=1S/C47H26F6/c48-42-25-32(26-43(49)46(42)50)31-19-21-39-41(24-31)45(37-17-7-11-28-9-2-4-15-35(28)37)38-20-18-30(29-12-5-13-33(22-29)47(51,52)53)23-40(38)44(39)36-16-6-10-27-8-1-3-14-34(27)36/h1-26H. The number of fused-ring (bicyclic) bond motifs is 4. The maximum absolute atomic E-state index is 14.6. The molecule has 0 atom stereocenters. The third-order valence-electron chi connectivity index (χ3n) is 10.1. The van der Waals surface area contributed by atoms with Crippen molar-refractivity contribution in [2.24, 2.45) is 0 Å². The molecular weight excluding hydrogens is 679 g/mol. The third-order valence-corrected chi connectivity index (χ3v) is 10.1. The second-order valence-electron chi connectivity index (χ2n) is 13.2. The van der Waals surface area contributed by atoms with E-state index in [0.717, 1.165) is 83.5 Å². The summed E-state index contributed by atoms with van der Waals surface area (Å²) < 4.78 is 84.9. The fraction of sp³-hybridized carbons (Fsp3) is 0.0213. The highest BCUT2D eigenvalue weighted by Crippen LogP contribution is 2.48. The summed E-state index contributed by atoms with van der Waals surface area (Å²) in [6.45, 7) is 0. The summed E-state index contributed by atoms with van der Waals surface area (Å²) >= 11 is 0. The molecule has 0 heterocycles. The molecule has 256 valence electrons. The van der Waals surface area contributed by atoms with Gasteiger partial charge in [-0.1, -0.05) is 121 Å². The Hall–Kier alpha value is -6.40. The van der Waals surface area contributed by atoms with E-state index in [2.05, 4.69) is 0 Å². The van der Waals surface area contributed by atoms with Gasteiger partial charge in [0.15, 0.2) is 17.5 Å². The first-order valence-corrected chi connectivity index (χ1v) is 17.0. The molecule has 0 fully saturated rings. The van der Waals surface area contributed by atoms with Crippen LogP contribution in [0.25, 0.3) is 87.6 Å². The number of alkyl halides is 3. The zero-order chi connectivity index (χ0) is 36.4. The van der Waals surface area contributed by atoms with Gasteiger partial charge in [-0.3, -0.25) is 0 Å². The maximum Gasteiger partial charge on any atom is 0.416 e. The van der Waals surface area contributed by atoms with Crippen molar-refractivity contribution in [3.8, 4) is 44.5 Å². The molecule has 6 heteroatoms. The molecule has 9 rings (SSSR count). The normalized spacial score (nSPS) is 12.0. The van der Waals surface area contributed by atoms with E-state index in [4.69, 9.17) is 0 Å². The van der Waals surface area contributed by atoms with Gasteiger partial charge in [-0.2, -0.15) is 13.2 Å². The predicted molar refractivity (Wildman–Crippen MR) is 203 cm³/mol. The topological polar surface area (TPSA) is 0 Å². The molecule has 0 bridgehead atoms. The second-order valence-corrected chi connectivity index (χ2v) is 13.2. The van der Waals surface area contributed by atoms with E-state index in [1.54, 1.807) is 12.1 Å². The Morgan fingerprint density at radius 2 is 0.792 bits per heavy atom. The molecule has 0 unspecified atom stereocenters. The number of halogens is 6. The lowest BCUT2D eigenvalue weighted by atomic mass is 9.82. The lowest BCUT2D eigenvalue weighted by molar-refractivity contribution is -0.137. The third kappa shape index (κ3) is 5.49. The fourth-order valence-electron chi connectivity index (χ4n) is 7.65. The van der Waals surface area contributed by atoms with Crippen LogP contribution in [-0.2, 0) is 6.18 Å². The van der Waals surface area contributed by atoms with Crippen LogP contribution < -0.4 is 0 Å². The van der Waals surface area contributed by atoms with Crippen LogP contribution in [0.4, 0.5) is 26.3 Å². The largest absolute Gasteiger partial charge is 0.416 e. The first kappa shape index (κ1) is 32.5. The SMILES string of the molecule is Fc1cc(-c2ccc3c(-c4cccc5ccccc45)c4cc(-c5cccc(C(F)(F)F)c5)ccc4c(-c4cccc5ccccc45)c3c2)cc(F)c1F. The Balaban J connectivity index is 1.46. The second kappa shape index (κ2) is 12.4. The summed E-state index contributed by atoms with van der Waals surface area (Å²) in [5.41, 5.74) is 4.48. The minimum atomic E-state index is -4.51. The molecule has 0 spiro atoms. The minimum Gasteiger partial charge on any atom is -0.204 e. The molecule has 0 aliphatic heterocycles. The molecule has 9 aromatic carbocycles. The van der Waals surface area contributed by atoms with E-state index in [0.29, 0.717) is 16.7 Å². The molecule has 0 N–H and O–H groups in total. The molecular formula is C47H26F6. The van der Waals surface area contributed by atoms with Crippen molar-refractivity contribution in [1.29, 1.82) is 0 Å². The highest BCUT2D eigenvalue weighted by atomic mass is 19.4. The highest BCUT2D eigenvalue weighted by molar-refractivity contribution is 6.26. The fourth-order valence-corrected chi connectivity index (χ4v) is 7.65. The van der Waals surface area contributed by atoms with Crippen LogP contribution in [0.1, 0.15) is 5.56 Å². The number of benzene rings is 9. The molecule has 0 radical (unpaired) electrons. The van der Waals surface area contributed by atoms with Gasteiger partial charge in [0.1, 0.15) is 0 Å². The van der Waals surface area contributed by atoms with E-state index in [9.17, 15) is 26.3 Å². The molecule has 9 aromatic rings. The van der Waals surface area contributed by atoms with E-state index in [1.807, 2.05) is 115 Å². The zero-order valence-electron chi connectivity index (χ0n) is 27.8. The zero-order valence-corrected chi connectivity index (χ0v) is 27.8. The van der Waals surface area contributed by atoms with Crippen LogP contribution in [0.15, 0.2) is 158 Å². The molecule has 0 aliphatic carbocycles. The summed E-state index contributed by atoms with van der Waals surface area (Å²) in [6.07, 6.45) is -4.51. The van der Waals surface area contributed by atoms with E-state index in [1.165, 1.54) is 12.1 Å². The predicted octanol–water partition coefficient (Wildman–Crippen LogP) is 14.4. The van der Waals surface area contributed by atoms with Gasteiger partial charge in [-0.15, -0.1) is 0 Å². The van der Waals surface area contributed by atoms with Gasteiger partial charge < -0.3 is 0 Å². The smallest absolute Gasteiger partial charge is 0.204 e. The molecule has 53 heavy (non-hydrogen) atoms. The van der Waals surface area contributed by atoms with Gasteiger partial charge >= 0.3 is 6.18 Å². The van der Waals surface area contributed by atoms with Crippen molar-refractivity contribution in [3.05, 3.63) is 181 Å². The summed E-state index contributed by atoms with van der Waals surface area (Å²) in [5, 5.41) is 7.22. The quantitative estimate of drug-likeness (QED) is 0.0972. The molecule has 0 aliphatic rings. The summed E-state index contributed by atoms with van der Waals surface area (Å²) in [5.74, 6) is -4.11. The van der Waals surface area contributed by atoms with Gasteiger partial charge in [0, 0.05) is 0 Å². The van der Waals surface area contributed by atoms with Gasteiger partial charge in [0.2, 0.25) is 0 Å². The van der Waals surface area contributed by atoms with Crippen LogP contribution in [0.5, 0.6) is 0 Å². The molecule has 0 amide bonds. The van der Waals surface area contributed by atoms with Crippen LogP contribution in [0.2, 0.25) is 0 Å². The average molecular weight is 705 g/mol. The summed E-state index contributed by atoms with van der Waals surface area (Å²) in [4.78, 5) is 0. The van der Waals surface area contributed by atoms with Crippen molar-refractivity contribution in [2.75, 3.05) is 0 Å². The molecule has 0 aromatic heterocycles. The number of hydrogen-bond acceptors (Lipinski definition) is 0. The van der Waals surface area contributed by atoms with E-state index < -0.39 is 29.2 Å². The Morgan fingerprint density at radius 3 is 1.32 bits per heavy atom. The first-order chi connectivity index (χ1) is 25.7. The lowest BCUT2D eigenvalue weighted by Crippen LogP contribution is -2.04. The lowest BCUT2D eigenvalue weighted by Gasteiger charge is -2.21. The Kier molecular flexibility index (Phi) is 7.59. The summed E-state index contributed by atoms with van der Waals surface area (Å²) in [7, 11) is 0. The molecule has 0 saturated heterocycles. The Bertz CT molecular complexity index is 2890. The maximum atomic E-state index is 14.6. The van der Waals surface area contributed by atoms with Crippen molar-refractivity contribution in [1.82, 2.24) is 0 Å². The van der Waals surface area contributed by atoms with Crippen LogP contribution in [0, 0.1) is 17.5 Å². The minimum absolute atomic E-state index is 0.180. The van der Waals surface area contributed by atoms with Crippen molar-refractivity contribution < 1.29 is 26.3 Å². The van der Waals surface area contributed by atoms with Gasteiger partial charge in [-0.25, -0.2) is 13.2 Å². The van der Waals surface area contributed by atoms with Gasteiger partial charge in [0.25, 0.3) is 0 Å². The molecule has 0 nitrogen and oxygen atoms in total. The van der Waals surface area contributed by atoms with Crippen LogP contribution >= 0.6 is 0 Å². The van der Waals surface area contributed by atoms with Crippen molar-refractivity contribution in [2.45, 2.75) is 6.18 Å². The number of hydrogen-bond donors (Lipinski definition) is 0. The van der Waals surface area contributed by atoms with E-state index >= 15 is 0 Å². The van der Waals surface area contributed by atoms with E-state index in [-0.39, 0.29) is 5.56 Å². The van der Waals surface area contributed by atoms with Gasteiger partial charge in [-0.05, 0) is 124 Å². The van der Waals surface area contributed by atoms with Crippen molar-refractivity contribution >= 4 is 43.1 Å².